The minimum atomic E-state index is -0.0519. The van der Waals surface area contributed by atoms with Gasteiger partial charge in [-0.2, -0.15) is 0 Å². The third kappa shape index (κ3) is 4.14. The van der Waals surface area contributed by atoms with Gasteiger partial charge in [0.25, 0.3) is 5.56 Å². The Kier molecular flexibility index (Phi) is 5.78. The number of piperidine rings is 1. The third-order valence-corrected chi connectivity index (χ3v) is 2.66. The zero-order chi connectivity index (χ0) is 11.8. The molecule has 0 bridgehead atoms. The second-order valence-electron chi connectivity index (χ2n) is 3.78. The van der Waals surface area contributed by atoms with Crippen LogP contribution in [0, 0.1) is 5.92 Å². The van der Waals surface area contributed by atoms with Gasteiger partial charge in [-0.05, 0) is 31.8 Å². The first kappa shape index (κ1) is 12.9. The molecule has 0 amide bonds. The number of nitrogens with one attached hydrogen (secondary N) is 2. The Morgan fingerprint density at radius 3 is 2.69 bits per heavy atom. The van der Waals surface area contributed by atoms with Crippen LogP contribution in [0.15, 0.2) is 17.1 Å². The molecule has 2 N–H and O–H groups in total. The lowest BCUT2D eigenvalue weighted by Gasteiger charge is -2.21. The second kappa shape index (κ2) is 7.17. The van der Waals surface area contributed by atoms with Gasteiger partial charge in [-0.15, -0.1) is 0 Å². The van der Waals surface area contributed by atoms with Gasteiger partial charge >= 0.3 is 0 Å². The predicted molar refractivity (Wildman–Crippen MR) is 65.5 cm³/mol. The monoisotopic (exact) mass is 223 g/mol. The van der Waals surface area contributed by atoms with Crippen molar-refractivity contribution >= 4 is 0 Å². The standard InChI is InChI=1S/C10H15N3O.C2H6/c14-10-3-6-12-9(13-10)7-8-1-4-11-5-2-8;1-2/h3,6,8,11H,1-2,4-5,7H2,(H,12,13,14);1-2H3. The summed E-state index contributed by atoms with van der Waals surface area (Å²) in [5, 5.41) is 3.32. The molecule has 4 nitrogen and oxygen atoms in total. The number of hydrogen-bond donors (Lipinski definition) is 2. The van der Waals surface area contributed by atoms with Crippen LogP contribution in [0.3, 0.4) is 0 Å². The fraction of sp³-hybridized carbons (Fsp3) is 0.667. The fourth-order valence-electron chi connectivity index (χ4n) is 1.87. The van der Waals surface area contributed by atoms with Crippen molar-refractivity contribution in [1.29, 1.82) is 0 Å². The van der Waals surface area contributed by atoms with Crippen LogP contribution in [-0.4, -0.2) is 23.1 Å². The van der Waals surface area contributed by atoms with Crippen LogP contribution in [0.25, 0.3) is 0 Å². The van der Waals surface area contributed by atoms with Crippen LogP contribution >= 0.6 is 0 Å². The van der Waals surface area contributed by atoms with E-state index >= 15 is 0 Å². The maximum absolute atomic E-state index is 11.0. The van der Waals surface area contributed by atoms with Crippen LogP contribution in [0.1, 0.15) is 32.5 Å². The second-order valence-corrected chi connectivity index (χ2v) is 3.78. The van der Waals surface area contributed by atoms with Crippen LogP contribution < -0.4 is 10.9 Å². The number of rotatable bonds is 2. The summed E-state index contributed by atoms with van der Waals surface area (Å²) in [4.78, 5) is 17.9. The van der Waals surface area contributed by atoms with Gasteiger partial charge in [0, 0.05) is 18.7 Å². The zero-order valence-electron chi connectivity index (χ0n) is 10.1. The lowest BCUT2D eigenvalue weighted by Crippen LogP contribution is -2.29. The van der Waals surface area contributed by atoms with Gasteiger partial charge in [-0.1, -0.05) is 13.8 Å². The summed E-state index contributed by atoms with van der Waals surface area (Å²) >= 11 is 0. The van der Waals surface area contributed by atoms with E-state index in [2.05, 4.69) is 15.3 Å². The highest BCUT2D eigenvalue weighted by atomic mass is 16.1. The molecule has 1 saturated heterocycles. The Balaban J connectivity index is 0.000000606. The number of aromatic amines is 1. The third-order valence-electron chi connectivity index (χ3n) is 2.66. The van der Waals surface area contributed by atoms with E-state index in [-0.39, 0.29) is 5.56 Å². The normalized spacial score (nSPS) is 16.4. The highest BCUT2D eigenvalue weighted by Crippen LogP contribution is 2.14. The fourth-order valence-corrected chi connectivity index (χ4v) is 1.87. The van der Waals surface area contributed by atoms with Crippen molar-refractivity contribution in [2.24, 2.45) is 5.92 Å². The Morgan fingerprint density at radius 2 is 2.06 bits per heavy atom. The molecule has 0 aliphatic carbocycles. The Bertz CT molecular complexity index is 342. The summed E-state index contributed by atoms with van der Waals surface area (Å²) in [6.45, 7) is 6.17. The average molecular weight is 223 g/mol. The Morgan fingerprint density at radius 1 is 1.38 bits per heavy atom. The Hall–Kier alpha value is -1.16. The molecule has 1 aromatic rings. The van der Waals surface area contributed by atoms with Crippen molar-refractivity contribution in [1.82, 2.24) is 15.3 Å². The summed E-state index contributed by atoms with van der Waals surface area (Å²) in [6.07, 6.45) is 4.84. The van der Waals surface area contributed by atoms with E-state index in [1.165, 1.54) is 18.9 Å². The van der Waals surface area contributed by atoms with E-state index in [0.29, 0.717) is 5.92 Å². The predicted octanol–water partition coefficient (Wildman–Crippen LogP) is 1.34. The van der Waals surface area contributed by atoms with Gasteiger partial charge < -0.3 is 10.3 Å². The van der Waals surface area contributed by atoms with Crippen molar-refractivity contribution in [2.45, 2.75) is 33.1 Å². The molecule has 0 saturated carbocycles. The van der Waals surface area contributed by atoms with Crippen molar-refractivity contribution in [3.05, 3.63) is 28.4 Å². The molecule has 0 radical (unpaired) electrons. The minimum Gasteiger partial charge on any atom is -0.317 e. The highest BCUT2D eigenvalue weighted by Gasteiger charge is 2.14. The molecule has 2 heterocycles. The molecule has 0 unspecified atom stereocenters. The summed E-state index contributed by atoms with van der Waals surface area (Å²) in [6, 6.07) is 1.45. The lowest BCUT2D eigenvalue weighted by molar-refractivity contribution is 0.367. The van der Waals surface area contributed by atoms with Crippen LogP contribution in [-0.2, 0) is 6.42 Å². The number of nitrogens with zero attached hydrogens (tertiary/aromatic N) is 1. The number of H-pyrrole nitrogens is 1. The molecule has 1 aliphatic heterocycles. The van der Waals surface area contributed by atoms with E-state index in [4.69, 9.17) is 0 Å². The van der Waals surface area contributed by atoms with Crippen LogP contribution in [0.4, 0.5) is 0 Å². The van der Waals surface area contributed by atoms with Crippen LogP contribution in [0.2, 0.25) is 0 Å². The maximum Gasteiger partial charge on any atom is 0.250 e. The van der Waals surface area contributed by atoms with Gasteiger partial charge in [-0.25, -0.2) is 4.98 Å². The topological polar surface area (TPSA) is 57.8 Å². The van der Waals surface area contributed by atoms with E-state index in [1.54, 1.807) is 6.20 Å². The lowest BCUT2D eigenvalue weighted by atomic mass is 9.94. The first-order chi connectivity index (χ1) is 7.84. The summed E-state index contributed by atoms with van der Waals surface area (Å²) in [5.74, 6) is 1.49. The molecule has 1 aromatic heterocycles. The van der Waals surface area contributed by atoms with E-state index in [9.17, 15) is 4.79 Å². The van der Waals surface area contributed by atoms with Crippen molar-refractivity contribution in [3.63, 3.8) is 0 Å². The molecule has 0 spiro atoms. The van der Waals surface area contributed by atoms with Gasteiger partial charge in [0.05, 0.1) is 0 Å². The van der Waals surface area contributed by atoms with E-state index in [1.807, 2.05) is 13.8 Å². The summed E-state index contributed by atoms with van der Waals surface area (Å²) in [7, 11) is 0. The largest absolute Gasteiger partial charge is 0.317 e. The van der Waals surface area contributed by atoms with Crippen molar-refractivity contribution < 1.29 is 0 Å². The van der Waals surface area contributed by atoms with Gasteiger partial charge in [0.2, 0.25) is 0 Å². The number of aromatic nitrogens is 2. The molecule has 0 atom stereocenters. The molecular formula is C12H21N3O. The van der Waals surface area contributed by atoms with Gasteiger partial charge in [-0.3, -0.25) is 4.79 Å². The van der Waals surface area contributed by atoms with Crippen molar-refractivity contribution in [2.75, 3.05) is 13.1 Å². The average Bonchev–Trinajstić information content (AvgIpc) is 2.33. The van der Waals surface area contributed by atoms with Crippen LogP contribution in [0.5, 0.6) is 0 Å². The zero-order valence-corrected chi connectivity index (χ0v) is 10.1. The molecule has 1 aliphatic rings. The van der Waals surface area contributed by atoms with Gasteiger partial charge in [0.1, 0.15) is 5.82 Å². The maximum atomic E-state index is 11.0. The smallest absolute Gasteiger partial charge is 0.250 e. The Labute approximate surface area is 96.5 Å². The quantitative estimate of drug-likeness (QED) is 0.795. The number of hydrogen-bond acceptors (Lipinski definition) is 3. The molecule has 4 heteroatoms. The summed E-state index contributed by atoms with van der Waals surface area (Å²) in [5.41, 5.74) is -0.0519. The first-order valence-corrected chi connectivity index (χ1v) is 6.09. The molecule has 16 heavy (non-hydrogen) atoms. The van der Waals surface area contributed by atoms with E-state index in [0.717, 1.165) is 25.3 Å². The molecule has 0 aromatic carbocycles. The van der Waals surface area contributed by atoms with Crippen molar-refractivity contribution in [3.8, 4) is 0 Å². The first-order valence-electron chi connectivity index (χ1n) is 6.09. The molecule has 90 valence electrons. The van der Waals surface area contributed by atoms with Gasteiger partial charge in [0.15, 0.2) is 0 Å². The SMILES string of the molecule is CC.O=c1ccnc(CC2CCNCC2)[nH]1. The van der Waals surface area contributed by atoms with E-state index < -0.39 is 0 Å². The molecule has 1 fully saturated rings. The molecular weight excluding hydrogens is 202 g/mol. The minimum absolute atomic E-state index is 0.0519. The molecule has 2 rings (SSSR count). The summed E-state index contributed by atoms with van der Waals surface area (Å²) < 4.78 is 0. The highest BCUT2D eigenvalue weighted by molar-refractivity contribution is 4.91.